The van der Waals surface area contributed by atoms with E-state index < -0.39 is 11.6 Å². The Kier molecular flexibility index (Phi) is 6.74. The lowest BCUT2D eigenvalue weighted by atomic mass is 10.1. The average molecular weight is 405 g/mol. The molecule has 4 aliphatic rings. The molecule has 0 spiro atoms. The Morgan fingerprint density at radius 1 is 0.536 bits per heavy atom. The molecule has 8 atom stereocenters. The maximum absolute atomic E-state index is 9.18. The molecule has 2 aliphatic heterocycles. The van der Waals surface area contributed by atoms with Crippen LogP contribution in [0.3, 0.4) is 0 Å². The second kappa shape index (κ2) is 8.43. The summed E-state index contributed by atoms with van der Waals surface area (Å²) >= 11 is 0. The summed E-state index contributed by atoms with van der Waals surface area (Å²) in [6, 6.07) is 0. The highest BCUT2D eigenvalue weighted by atomic mass is 16.8. The van der Waals surface area contributed by atoms with E-state index in [-0.39, 0.29) is 74.5 Å². The minimum atomic E-state index is -0.573. The molecule has 4 N–H and O–H groups in total. The molecule has 0 aromatic rings. The van der Waals surface area contributed by atoms with Gasteiger partial charge in [-0.3, -0.25) is 0 Å². The zero-order valence-electron chi connectivity index (χ0n) is 17.3. The van der Waals surface area contributed by atoms with Gasteiger partial charge in [0.2, 0.25) is 0 Å². The molecule has 2 aliphatic carbocycles. The molecule has 0 bridgehead atoms. The van der Waals surface area contributed by atoms with E-state index in [1.54, 1.807) is 0 Å². The van der Waals surface area contributed by atoms with E-state index in [1.807, 2.05) is 27.7 Å². The summed E-state index contributed by atoms with van der Waals surface area (Å²) in [4.78, 5) is 0. The Bertz CT molecular complexity index is 438. The van der Waals surface area contributed by atoms with Crippen LogP contribution in [0.25, 0.3) is 0 Å². The van der Waals surface area contributed by atoms with Crippen molar-refractivity contribution in [3.63, 3.8) is 0 Å². The highest BCUT2D eigenvalue weighted by Gasteiger charge is 2.54. The fourth-order valence-electron chi connectivity index (χ4n) is 5.12. The van der Waals surface area contributed by atoms with Crippen molar-refractivity contribution in [2.24, 2.45) is 23.7 Å². The van der Waals surface area contributed by atoms with Crippen LogP contribution in [0, 0.1) is 23.7 Å². The zero-order chi connectivity index (χ0) is 20.7. The van der Waals surface area contributed by atoms with Crippen molar-refractivity contribution in [2.75, 3.05) is 26.4 Å². The third-order valence-electron chi connectivity index (χ3n) is 6.33. The summed E-state index contributed by atoms with van der Waals surface area (Å²) in [7, 11) is 0. The fourth-order valence-corrected chi connectivity index (χ4v) is 5.12. The van der Waals surface area contributed by atoms with Crippen molar-refractivity contribution in [3.05, 3.63) is 0 Å². The lowest BCUT2D eigenvalue weighted by Crippen LogP contribution is -2.27. The first kappa shape index (κ1) is 22.4. The van der Waals surface area contributed by atoms with Crippen LogP contribution in [0.15, 0.2) is 0 Å². The van der Waals surface area contributed by atoms with Gasteiger partial charge in [0.25, 0.3) is 0 Å². The Hall–Kier alpha value is -0.320. The third kappa shape index (κ3) is 4.39. The van der Waals surface area contributed by atoms with Crippen LogP contribution in [-0.4, -0.2) is 82.8 Å². The maximum Gasteiger partial charge on any atom is 0.163 e. The molecule has 0 amide bonds. The van der Waals surface area contributed by atoms with Crippen LogP contribution < -0.4 is 0 Å². The van der Waals surface area contributed by atoms with Crippen molar-refractivity contribution in [2.45, 2.75) is 76.5 Å². The molecule has 4 fully saturated rings. The highest BCUT2D eigenvalue weighted by Crippen LogP contribution is 2.45. The van der Waals surface area contributed by atoms with Crippen molar-refractivity contribution >= 4 is 0 Å². The molecular weight excluding hydrogens is 368 g/mol. The van der Waals surface area contributed by atoms with E-state index >= 15 is 0 Å². The van der Waals surface area contributed by atoms with E-state index in [0.717, 1.165) is 12.8 Å². The van der Waals surface area contributed by atoms with Gasteiger partial charge in [-0.1, -0.05) is 0 Å². The van der Waals surface area contributed by atoms with Gasteiger partial charge < -0.3 is 39.4 Å². The number of fused-ring (bicyclic) bond motifs is 2. The van der Waals surface area contributed by atoms with Crippen LogP contribution in [0.1, 0.15) is 40.5 Å². The second-order valence-corrected chi connectivity index (χ2v) is 9.37. The van der Waals surface area contributed by atoms with Crippen molar-refractivity contribution in [3.8, 4) is 0 Å². The first-order valence-corrected chi connectivity index (χ1v) is 10.3. The zero-order valence-corrected chi connectivity index (χ0v) is 17.3. The van der Waals surface area contributed by atoms with Crippen LogP contribution in [0.5, 0.6) is 0 Å². The standard InChI is InChI=1S/2C10H18O4/c2*1-10(2)13-8-6(4-11)3-7(5-12)9(8)14-10/h2*6-9,11-12H,3-5H2,1-2H3/t2*6-,7+,8-,9+. The van der Waals surface area contributed by atoms with Crippen molar-refractivity contribution in [1.29, 1.82) is 0 Å². The number of aliphatic hydroxyl groups is 4. The number of rotatable bonds is 4. The summed E-state index contributed by atoms with van der Waals surface area (Å²) in [6.07, 6.45) is 1.38. The van der Waals surface area contributed by atoms with Gasteiger partial charge in [-0.15, -0.1) is 0 Å². The van der Waals surface area contributed by atoms with Gasteiger partial charge >= 0.3 is 0 Å². The Labute approximate surface area is 166 Å². The lowest BCUT2D eigenvalue weighted by molar-refractivity contribution is -0.164. The third-order valence-corrected chi connectivity index (χ3v) is 6.33. The molecule has 8 heteroatoms. The summed E-state index contributed by atoms with van der Waals surface area (Å²) in [5, 5.41) is 36.7. The molecule has 164 valence electrons. The monoisotopic (exact) mass is 404 g/mol. The molecule has 4 rings (SSSR count). The normalized spacial score (nSPS) is 45.4. The SMILES string of the molecule is CC1(C)O[C@@H]2[C@@H](CO)C[C@@H](CO)[C@@H]2O1.CC1(C)O[C@@H]2[C@@H](CO)C[C@@H](CO)[C@@H]2O1. The number of hydrogen-bond donors (Lipinski definition) is 4. The highest BCUT2D eigenvalue weighted by molar-refractivity contribution is 4.98. The molecule has 2 heterocycles. The summed E-state index contributed by atoms with van der Waals surface area (Å²) < 4.78 is 22.9. The lowest BCUT2D eigenvalue weighted by Gasteiger charge is -2.22. The molecule has 2 saturated carbocycles. The van der Waals surface area contributed by atoms with Gasteiger partial charge in [0.1, 0.15) is 0 Å². The Balaban J connectivity index is 0.000000161. The molecule has 0 radical (unpaired) electrons. The molecule has 28 heavy (non-hydrogen) atoms. The van der Waals surface area contributed by atoms with Gasteiger partial charge in [-0.25, -0.2) is 0 Å². The van der Waals surface area contributed by atoms with E-state index in [9.17, 15) is 20.4 Å². The number of aliphatic hydroxyl groups excluding tert-OH is 4. The molecule has 0 unspecified atom stereocenters. The first-order chi connectivity index (χ1) is 13.1. The largest absolute Gasteiger partial charge is 0.396 e. The minimum Gasteiger partial charge on any atom is -0.396 e. The summed E-state index contributed by atoms with van der Waals surface area (Å²) in [6.45, 7) is 7.91. The van der Waals surface area contributed by atoms with Gasteiger partial charge in [0.15, 0.2) is 11.6 Å². The van der Waals surface area contributed by atoms with Crippen LogP contribution in [0.4, 0.5) is 0 Å². The minimum absolute atomic E-state index is 0.0489. The number of hydrogen-bond acceptors (Lipinski definition) is 8. The van der Waals surface area contributed by atoms with Crippen molar-refractivity contribution in [1.82, 2.24) is 0 Å². The van der Waals surface area contributed by atoms with Crippen LogP contribution >= 0.6 is 0 Å². The van der Waals surface area contributed by atoms with Gasteiger partial charge in [0.05, 0.1) is 24.4 Å². The molecule has 2 saturated heterocycles. The Morgan fingerprint density at radius 2 is 0.750 bits per heavy atom. The molecule has 0 aromatic heterocycles. The van der Waals surface area contributed by atoms with E-state index in [0.29, 0.717) is 0 Å². The topological polar surface area (TPSA) is 118 Å². The quantitative estimate of drug-likeness (QED) is 0.527. The van der Waals surface area contributed by atoms with Gasteiger partial charge in [-0.05, 0) is 40.5 Å². The van der Waals surface area contributed by atoms with E-state index in [4.69, 9.17) is 18.9 Å². The van der Waals surface area contributed by atoms with E-state index in [2.05, 4.69) is 0 Å². The number of ether oxygens (including phenoxy) is 4. The van der Waals surface area contributed by atoms with Crippen LogP contribution in [0.2, 0.25) is 0 Å². The predicted octanol–water partition coefficient (Wildman–Crippen LogP) is 0.254. The molecule has 0 aromatic carbocycles. The molecule has 8 nitrogen and oxygen atoms in total. The van der Waals surface area contributed by atoms with Gasteiger partial charge in [-0.2, -0.15) is 0 Å². The summed E-state index contributed by atoms with van der Waals surface area (Å²) in [5.74, 6) is -0.705. The first-order valence-electron chi connectivity index (χ1n) is 10.3. The van der Waals surface area contributed by atoms with E-state index in [1.165, 1.54) is 0 Å². The van der Waals surface area contributed by atoms with Crippen LogP contribution in [-0.2, 0) is 18.9 Å². The Morgan fingerprint density at radius 3 is 0.929 bits per heavy atom. The summed E-state index contributed by atoms with van der Waals surface area (Å²) in [5.41, 5.74) is 0. The second-order valence-electron chi connectivity index (χ2n) is 9.37. The average Bonchev–Trinajstić information content (AvgIpc) is 3.31. The van der Waals surface area contributed by atoms with Gasteiger partial charge in [0, 0.05) is 50.1 Å². The van der Waals surface area contributed by atoms with Crippen molar-refractivity contribution < 1.29 is 39.4 Å². The smallest absolute Gasteiger partial charge is 0.163 e. The maximum atomic E-state index is 9.18. The predicted molar refractivity (Wildman–Crippen MR) is 99.2 cm³/mol. The fraction of sp³-hybridized carbons (Fsp3) is 1.00. The molecular formula is C20H36O8.